The molecule has 100 valence electrons. The first-order valence-electron chi connectivity index (χ1n) is 6.75. The summed E-state index contributed by atoms with van der Waals surface area (Å²) in [6, 6.07) is 17.5. The lowest BCUT2D eigenvalue weighted by Gasteiger charge is -2.08. The molecule has 3 rings (SSSR count). The smallest absolute Gasteiger partial charge is 0.205 e. The Balaban J connectivity index is 1.99. The van der Waals surface area contributed by atoms with Crippen LogP contribution in [0.4, 0.5) is 0 Å². The quantitative estimate of drug-likeness (QED) is 0.640. The Labute approximate surface area is 118 Å². The minimum absolute atomic E-state index is 0.0202. The molecule has 2 aromatic carbocycles. The summed E-state index contributed by atoms with van der Waals surface area (Å²) in [5.41, 5.74) is 2.86. The highest BCUT2D eigenvalue weighted by Crippen LogP contribution is 2.27. The van der Waals surface area contributed by atoms with Crippen LogP contribution in [0.5, 0.6) is 0 Å². The molecule has 2 nitrogen and oxygen atoms in total. The van der Waals surface area contributed by atoms with Crippen LogP contribution in [0.1, 0.15) is 34.5 Å². The van der Waals surface area contributed by atoms with Gasteiger partial charge in [-0.25, -0.2) is 0 Å². The molecule has 1 atom stereocenters. The lowest BCUT2D eigenvalue weighted by Crippen LogP contribution is -2.08. The van der Waals surface area contributed by atoms with Gasteiger partial charge in [-0.1, -0.05) is 55.5 Å². The molecule has 1 aromatic heterocycles. The van der Waals surface area contributed by atoms with Crippen molar-refractivity contribution in [1.29, 1.82) is 0 Å². The topological polar surface area (TPSA) is 30.2 Å². The summed E-state index contributed by atoms with van der Waals surface area (Å²) in [4.78, 5) is 12.5. The molecule has 0 amide bonds. The molecule has 0 radical (unpaired) electrons. The predicted octanol–water partition coefficient (Wildman–Crippen LogP) is 4.73. The van der Waals surface area contributed by atoms with Crippen LogP contribution < -0.4 is 0 Å². The lowest BCUT2D eigenvalue weighted by atomic mass is 9.95. The van der Waals surface area contributed by atoms with Gasteiger partial charge in [-0.3, -0.25) is 4.79 Å². The van der Waals surface area contributed by atoms with Gasteiger partial charge >= 0.3 is 0 Å². The molecule has 0 aliphatic heterocycles. The number of para-hydroxylation sites is 1. The molecule has 0 bridgehead atoms. The Morgan fingerprint density at radius 3 is 2.50 bits per heavy atom. The first kappa shape index (κ1) is 12.7. The highest BCUT2D eigenvalue weighted by molar-refractivity contribution is 6.01. The van der Waals surface area contributed by atoms with E-state index in [0.29, 0.717) is 5.76 Å². The van der Waals surface area contributed by atoms with E-state index in [1.807, 2.05) is 68.4 Å². The summed E-state index contributed by atoms with van der Waals surface area (Å²) in [6.07, 6.45) is 0. The summed E-state index contributed by atoms with van der Waals surface area (Å²) in [5, 5.41) is 0.980. The standard InChI is InChI=1S/C18H16O2/c1-12-7-6-10-15-11-16(20-18(12)15)17(19)13(2)14-8-4-3-5-9-14/h3-11,13H,1-2H3. The number of hydrogen-bond acceptors (Lipinski definition) is 2. The van der Waals surface area contributed by atoms with Crippen LogP contribution in [0.25, 0.3) is 11.0 Å². The number of benzene rings is 2. The van der Waals surface area contributed by atoms with Crippen molar-refractivity contribution in [2.24, 2.45) is 0 Å². The monoisotopic (exact) mass is 264 g/mol. The SMILES string of the molecule is Cc1cccc2cc(C(=O)C(C)c3ccccc3)oc12. The summed E-state index contributed by atoms with van der Waals surface area (Å²) in [5.74, 6) is 0.259. The molecule has 0 aliphatic rings. The molecule has 1 unspecified atom stereocenters. The molecular weight excluding hydrogens is 248 g/mol. The zero-order valence-corrected chi connectivity index (χ0v) is 11.6. The Morgan fingerprint density at radius 2 is 1.80 bits per heavy atom. The summed E-state index contributed by atoms with van der Waals surface area (Å²) >= 11 is 0. The number of carbonyl (C=O) groups excluding carboxylic acids is 1. The van der Waals surface area contributed by atoms with E-state index < -0.39 is 0 Å². The van der Waals surface area contributed by atoms with E-state index in [1.165, 1.54) is 0 Å². The van der Waals surface area contributed by atoms with Crippen LogP contribution in [0.3, 0.4) is 0 Å². The van der Waals surface area contributed by atoms with E-state index in [4.69, 9.17) is 4.42 Å². The fourth-order valence-electron chi connectivity index (χ4n) is 2.44. The van der Waals surface area contributed by atoms with Crippen molar-refractivity contribution in [3.8, 4) is 0 Å². The van der Waals surface area contributed by atoms with Crippen LogP contribution in [-0.2, 0) is 0 Å². The third kappa shape index (κ3) is 2.14. The van der Waals surface area contributed by atoms with E-state index in [-0.39, 0.29) is 11.7 Å². The van der Waals surface area contributed by atoms with Gasteiger partial charge in [0.2, 0.25) is 5.78 Å². The second-order valence-corrected chi connectivity index (χ2v) is 5.10. The molecule has 20 heavy (non-hydrogen) atoms. The molecule has 0 saturated heterocycles. The third-order valence-electron chi connectivity index (χ3n) is 3.68. The normalized spacial score (nSPS) is 12.5. The van der Waals surface area contributed by atoms with Gasteiger partial charge in [0.1, 0.15) is 5.58 Å². The number of aryl methyl sites for hydroxylation is 1. The minimum Gasteiger partial charge on any atom is -0.453 e. The molecule has 0 saturated carbocycles. The average molecular weight is 264 g/mol. The Bertz CT molecular complexity index is 753. The highest BCUT2D eigenvalue weighted by atomic mass is 16.3. The fourth-order valence-corrected chi connectivity index (χ4v) is 2.44. The summed E-state index contributed by atoms with van der Waals surface area (Å²) < 4.78 is 5.75. The number of Topliss-reactive ketones (excluding diaryl/α,β-unsaturated/α-hetero) is 1. The largest absolute Gasteiger partial charge is 0.453 e. The van der Waals surface area contributed by atoms with Crippen LogP contribution >= 0.6 is 0 Å². The molecular formula is C18H16O2. The maximum Gasteiger partial charge on any atom is 0.205 e. The molecule has 2 heteroatoms. The van der Waals surface area contributed by atoms with Crippen molar-refractivity contribution < 1.29 is 9.21 Å². The predicted molar refractivity (Wildman–Crippen MR) is 80.1 cm³/mol. The maximum atomic E-state index is 12.5. The van der Waals surface area contributed by atoms with E-state index >= 15 is 0 Å². The number of ketones is 1. The van der Waals surface area contributed by atoms with Gasteiger partial charge in [0.25, 0.3) is 0 Å². The number of rotatable bonds is 3. The Hall–Kier alpha value is -2.35. The third-order valence-corrected chi connectivity index (χ3v) is 3.68. The summed E-state index contributed by atoms with van der Waals surface area (Å²) in [6.45, 7) is 3.90. The average Bonchev–Trinajstić information content (AvgIpc) is 2.92. The lowest BCUT2D eigenvalue weighted by molar-refractivity contribution is 0.0941. The molecule has 0 fully saturated rings. The van der Waals surface area contributed by atoms with Crippen molar-refractivity contribution in [2.45, 2.75) is 19.8 Å². The van der Waals surface area contributed by atoms with E-state index in [2.05, 4.69) is 0 Å². The van der Waals surface area contributed by atoms with Crippen LogP contribution in [0, 0.1) is 6.92 Å². The maximum absolute atomic E-state index is 12.5. The molecule has 0 N–H and O–H groups in total. The first-order chi connectivity index (χ1) is 9.66. The molecule has 1 heterocycles. The van der Waals surface area contributed by atoms with Crippen molar-refractivity contribution >= 4 is 16.8 Å². The van der Waals surface area contributed by atoms with Gasteiger partial charge in [0.05, 0.1) is 0 Å². The zero-order chi connectivity index (χ0) is 14.1. The van der Waals surface area contributed by atoms with Crippen molar-refractivity contribution in [2.75, 3.05) is 0 Å². The van der Waals surface area contributed by atoms with E-state index in [0.717, 1.165) is 22.1 Å². The second-order valence-electron chi connectivity index (χ2n) is 5.10. The van der Waals surface area contributed by atoms with Crippen LogP contribution in [0.2, 0.25) is 0 Å². The first-order valence-corrected chi connectivity index (χ1v) is 6.75. The van der Waals surface area contributed by atoms with Gasteiger partial charge in [-0.2, -0.15) is 0 Å². The molecule has 3 aromatic rings. The van der Waals surface area contributed by atoms with Gasteiger partial charge < -0.3 is 4.42 Å². The van der Waals surface area contributed by atoms with Crippen molar-refractivity contribution in [1.82, 2.24) is 0 Å². The van der Waals surface area contributed by atoms with Gasteiger partial charge in [0, 0.05) is 11.3 Å². The molecule has 0 aliphatic carbocycles. The second kappa shape index (κ2) is 4.97. The fraction of sp³-hybridized carbons (Fsp3) is 0.167. The van der Waals surface area contributed by atoms with Gasteiger partial charge in [0.15, 0.2) is 5.76 Å². The van der Waals surface area contributed by atoms with Gasteiger partial charge in [-0.15, -0.1) is 0 Å². The van der Waals surface area contributed by atoms with Crippen LogP contribution in [0.15, 0.2) is 59.0 Å². The number of furan rings is 1. The van der Waals surface area contributed by atoms with Crippen LogP contribution in [-0.4, -0.2) is 5.78 Å². The molecule has 0 spiro atoms. The number of carbonyl (C=O) groups is 1. The van der Waals surface area contributed by atoms with Crippen molar-refractivity contribution in [3.05, 3.63) is 71.5 Å². The Morgan fingerprint density at radius 1 is 1.05 bits per heavy atom. The van der Waals surface area contributed by atoms with Gasteiger partial charge in [-0.05, 0) is 24.1 Å². The number of hydrogen-bond donors (Lipinski definition) is 0. The van der Waals surface area contributed by atoms with E-state index in [1.54, 1.807) is 0 Å². The Kier molecular flexibility index (Phi) is 3.15. The summed E-state index contributed by atoms with van der Waals surface area (Å²) in [7, 11) is 0. The van der Waals surface area contributed by atoms with Crippen molar-refractivity contribution in [3.63, 3.8) is 0 Å². The minimum atomic E-state index is -0.197. The highest BCUT2D eigenvalue weighted by Gasteiger charge is 2.21. The van der Waals surface area contributed by atoms with E-state index in [9.17, 15) is 4.79 Å². The zero-order valence-electron chi connectivity index (χ0n) is 11.6. The number of fused-ring (bicyclic) bond motifs is 1.